The predicted octanol–water partition coefficient (Wildman–Crippen LogP) is 2.93. The summed E-state index contributed by atoms with van der Waals surface area (Å²) >= 11 is 0. The number of rotatable bonds is 5. The van der Waals surface area contributed by atoms with Gasteiger partial charge >= 0.3 is 0 Å². The Morgan fingerprint density at radius 1 is 1.25 bits per heavy atom. The van der Waals surface area contributed by atoms with Crippen LogP contribution in [0.4, 0.5) is 5.69 Å². The van der Waals surface area contributed by atoms with E-state index in [9.17, 15) is 4.79 Å². The van der Waals surface area contributed by atoms with Crippen molar-refractivity contribution in [3.63, 3.8) is 0 Å². The molecule has 0 unspecified atom stereocenters. The van der Waals surface area contributed by atoms with Gasteiger partial charge < -0.3 is 14.6 Å². The minimum Gasteiger partial charge on any atom is -0.486 e. The van der Waals surface area contributed by atoms with Crippen molar-refractivity contribution in [3.8, 4) is 5.75 Å². The molecule has 1 saturated carbocycles. The van der Waals surface area contributed by atoms with Crippen LogP contribution in [0.15, 0.2) is 24.3 Å². The molecule has 0 spiro atoms. The van der Waals surface area contributed by atoms with Crippen LogP contribution in [-0.2, 0) is 24.4 Å². The van der Waals surface area contributed by atoms with Gasteiger partial charge in [-0.1, -0.05) is 12.5 Å². The molecule has 0 radical (unpaired) electrons. The van der Waals surface area contributed by atoms with E-state index in [2.05, 4.69) is 20.1 Å². The number of fused-ring (bicyclic) bond motifs is 1. The van der Waals surface area contributed by atoms with Gasteiger partial charge in [-0.25, -0.2) is 0 Å². The predicted molar refractivity (Wildman–Crippen MR) is 89.7 cm³/mol. The maximum Gasteiger partial charge on any atom is 0.227 e. The van der Waals surface area contributed by atoms with E-state index in [1.807, 2.05) is 24.3 Å². The molecule has 6 nitrogen and oxygen atoms in total. The van der Waals surface area contributed by atoms with Crippen molar-refractivity contribution in [1.82, 2.24) is 14.8 Å². The van der Waals surface area contributed by atoms with Crippen LogP contribution in [-0.4, -0.2) is 20.7 Å². The average Bonchev–Trinajstić information content (AvgIpc) is 3.40. The van der Waals surface area contributed by atoms with Gasteiger partial charge in [-0.3, -0.25) is 4.79 Å². The van der Waals surface area contributed by atoms with Gasteiger partial charge in [0.05, 0.1) is 0 Å². The molecule has 1 aromatic carbocycles. The summed E-state index contributed by atoms with van der Waals surface area (Å²) in [6.45, 7) is 1.37. The molecule has 2 aromatic rings. The van der Waals surface area contributed by atoms with E-state index in [-0.39, 0.29) is 11.8 Å². The van der Waals surface area contributed by atoms with E-state index >= 15 is 0 Å². The molecular formula is C18H22N4O2. The Bertz CT molecular complexity index is 736. The maximum atomic E-state index is 11.9. The molecule has 24 heavy (non-hydrogen) atoms. The quantitative estimate of drug-likeness (QED) is 0.917. The van der Waals surface area contributed by atoms with E-state index in [0.29, 0.717) is 6.61 Å². The van der Waals surface area contributed by atoms with Crippen LogP contribution in [0.1, 0.15) is 43.8 Å². The molecule has 1 aliphatic carbocycles. The lowest BCUT2D eigenvalue weighted by Gasteiger charge is -2.10. The summed E-state index contributed by atoms with van der Waals surface area (Å²) in [4.78, 5) is 11.9. The van der Waals surface area contributed by atoms with E-state index in [0.717, 1.165) is 48.9 Å². The molecule has 4 rings (SSSR count). The molecule has 1 aliphatic heterocycles. The highest BCUT2D eigenvalue weighted by Crippen LogP contribution is 2.30. The number of hydrogen-bond donors (Lipinski definition) is 1. The largest absolute Gasteiger partial charge is 0.486 e. The third kappa shape index (κ3) is 3.42. The highest BCUT2D eigenvalue weighted by molar-refractivity contribution is 5.94. The topological polar surface area (TPSA) is 69.0 Å². The maximum absolute atomic E-state index is 11.9. The molecule has 6 heteroatoms. The van der Waals surface area contributed by atoms with Crippen LogP contribution in [0.5, 0.6) is 5.75 Å². The SMILES string of the molecule is O=C(Nc1cccc(OCc2nnc3n2CCCCC3)c1)C1CC1. The van der Waals surface area contributed by atoms with Crippen LogP contribution in [0.2, 0.25) is 0 Å². The van der Waals surface area contributed by atoms with Crippen LogP contribution >= 0.6 is 0 Å². The Morgan fingerprint density at radius 3 is 3.04 bits per heavy atom. The Kier molecular flexibility index (Phi) is 4.19. The summed E-state index contributed by atoms with van der Waals surface area (Å²) in [6.07, 6.45) is 6.59. The fourth-order valence-corrected chi connectivity index (χ4v) is 3.05. The number of carbonyl (C=O) groups excluding carboxylic acids is 1. The van der Waals surface area contributed by atoms with Crippen LogP contribution in [0.25, 0.3) is 0 Å². The Morgan fingerprint density at radius 2 is 2.17 bits per heavy atom. The number of anilines is 1. The third-order valence-corrected chi connectivity index (χ3v) is 4.60. The second-order valence-corrected chi connectivity index (χ2v) is 6.57. The summed E-state index contributed by atoms with van der Waals surface area (Å²) < 4.78 is 8.07. The van der Waals surface area contributed by atoms with Gasteiger partial charge in [-0.15, -0.1) is 10.2 Å². The van der Waals surface area contributed by atoms with E-state index < -0.39 is 0 Å². The fourth-order valence-electron chi connectivity index (χ4n) is 3.05. The van der Waals surface area contributed by atoms with Gasteiger partial charge in [0, 0.05) is 30.6 Å². The number of aryl methyl sites for hydroxylation is 1. The van der Waals surface area contributed by atoms with Crippen LogP contribution in [0, 0.1) is 5.92 Å². The lowest BCUT2D eigenvalue weighted by atomic mass is 10.2. The lowest BCUT2D eigenvalue weighted by molar-refractivity contribution is -0.117. The number of benzene rings is 1. The van der Waals surface area contributed by atoms with E-state index in [1.54, 1.807) is 0 Å². The Labute approximate surface area is 141 Å². The molecule has 2 aliphatic rings. The minimum atomic E-state index is 0.106. The fraction of sp³-hybridized carbons (Fsp3) is 0.500. The van der Waals surface area contributed by atoms with Crippen molar-refractivity contribution in [2.75, 3.05) is 5.32 Å². The van der Waals surface area contributed by atoms with Crippen LogP contribution < -0.4 is 10.1 Å². The highest BCUT2D eigenvalue weighted by atomic mass is 16.5. The standard InChI is InChI=1S/C18H22N4O2/c23-18(13-8-9-13)19-14-5-4-6-15(11-14)24-12-17-21-20-16-7-2-1-3-10-22(16)17/h4-6,11,13H,1-3,7-10,12H2,(H,19,23). The van der Waals surface area contributed by atoms with E-state index in [1.165, 1.54) is 19.3 Å². The van der Waals surface area contributed by atoms with Crippen molar-refractivity contribution < 1.29 is 9.53 Å². The van der Waals surface area contributed by atoms with Crippen molar-refractivity contribution >= 4 is 11.6 Å². The number of aromatic nitrogens is 3. The van der Waals surface area contributed by atoms with Crippen molar-refractivity contribution in [3.05, 3.63) is 35.9 Å². The van der Waals surface area contributed by atoms with E-state index in [4.69, 9.17) is 4.74 Å². The van der Waals surface area contributed by atoms with Crippen molar-refractivity contribution in [2.45, 2.75) is 51.7 Å². The van der Waals surface area contributed by atoms with Gasteiger partial charge in [0.15, 0.2) is 5.82 Å². The van der Waals surface area contributed by atoms with Gasteiger partial charge in [-0.2, -0.15) is 0 Å². The smallest absolute Gasteiger partial charge is 0.227 e. The molecule has 0 saturated heterocycles. The second kappa shape index (κ2) is 6.63. The minimum absolute atomic E-state index is 0.106. The molecule has 0 bridgehead atoms. The summed E-state index contributed by atoms with van der Waals surface area (Å²) in [5.74, 6) is 2.97. The number of nitrogens with one attached hydrogen (secondary N) is 1. The lowest BCUT2D eigenvalue weighted by Crippen LogP contribution is -2.13. The summed E-state index contributed by atoms with van der Waals surface area (Å²) in [5.41, 5.74) is 0.782. The zero-order valence-electron chi connectivity index (χ0n) is 13.7. The normalized spacial score (nSPS) is 17.0. The molecule has 1 amide bonds. The monoisotopic (exact) mass is 326 g/mol. The number of carbonyl (C=O) groups is 1. The third-order valence-electron chi connectivity index (χ3n) is 4.60. The molecule has 1 fully saturated rings. The van der Waals surface area contributed by atoms with Crippen LogP contribution in [0.3, 0.4) is 0 Å². The zero-order chi connectivity index (χ0) is 16.4. The molecule has 126 valence electrons. The Hall–Kier alpha value is -2.37. The number of amides is 1. The van der Waals surface area contributed by atoms with Gasteiger partial charge in [-0.05, 0) is 37.8 Å². The first kappa shape index (κ1) is 15.2. The first-order chi connectivity index (χ1) is 11.8. The summed E-state index contributed by atoms with van der Waals surface area (Å²) in [6, 6.07) is 7.53. The van der Waals surface area contributed by atoms with Crippen molar-refractivity contribution in [1.29, 1.82) is 0 Å². The number of hydrogen-bond acceptors (Lipinski definition) is 4. The second-order valence-electron chi connectivity index (χ2n) is 6.57. The number of ether oxygens (including phenoxy) is 1. The van der Waals surface area contributed by atoms with Gasteiger partial charge in [0.1, 0.15) is 18.2 Å². The molecule has 1 aromatic heterocycles. The molecule has 1 N–H and O–H groups in total. The molecule has 2 heterocycles. The summed E-state index contributed by atoms with van der Waals surface area (Å²) in [5, 5.41) is 11.5. The van der Waals surface area contributed by atoms with Crippen molar-refractivity contribution in [2.24, 2.45) is 5.92 Å². The zero-order valence-corrected chi connectivity index (χ0v) is 13.7. The average molecular weight is 326 g/mol. The molecular weight excluding hydrogens is 304 g/mol. The summed E-state index contributed by atoms with van der Waals surface area (Å²) in [7, 11) is 0. The first-order valence-corrected chi connectivity index (χ1v) is 8.74. The first-order valence-electron chi connectivity index (χ1n) is 8.74. The Balaban J connectivity index is 1.40. The van der Waals surface area contributed by atoms with Gasteiger partial charge in [0.2, 0.25) is 5.91 Å². The molecule has 0 atom stereocenters. The highest BCUT2D eigenvalue weighted by Gasteiger charge is 2.29. The number of nitrogens with zero attached hydrogens (tertiary/aromatic N) is 3. The van der Waals surface area contributed by atoms with Gasteiger partial charge in [0.25, 0.3) is 0 Å².